The van der Waals surface area contributed by atoms with E-state index in [2.05, 4.69) is 15.3 Å². The Bertz CT molecular complexity index is 344. The van der Waals surface area contributed by atoms with Gasteiger partial charge in [-0.15, -0.1) is 0 Å². The van der Waals surface area contributed by atoms with Crippen LogP contribution < -0.4 is 11.1 Å². The number of nitrogens with one attached hydrogen (secondary N) is 1. The molecule has 3 N–H and O–H groups in total. The van der Waals surface area contributed by atoms with Gasteiger partial charge in [0.25, 0.3) is 0 Å². The molecule has 0 spiro atoms. The van der Waals surface area contributed by atoms with Crippen LogP contribution in [0.4, 0.5) is 5.95 Å². The first-order valence-corrected chi connectivity index (χ1v) is 4.94. The van der Waals surface area contributed by atoms with E-state index in [4.69, 9.17) is 5.73 Å². The minimum atomic E-state index is 0.0850. The van der Waals surface area contributed by atoms with E-state index < -0.39 is 0 Å². The zero-order chi connectivity index (χ0) is 10.2. The third kappa shape index (κ3) is 1.70. The van der Waals surface area contributed by atoms with Crippen molar-refractivity contribution in [1.82, 2.24) is 9.97 Å². The van der Waals surface area contributed by atoms with Crippen LogP contribution in [-0.4, -0.2) is 22.1 Å². The number of rotatable bonds is 3. The quantitative estimate of drug-likeness (QED) is 0.749. The molecule has 1 heterocycles. The van der Waals surface area contributed by atoms with Crippen LogP contribution in [0, 0.1) is 13.8 Å². The molecule has 1 aliphatic carbocycles. The predicted octanol–water partition coefficient (Wildman–Crippen LogP) is 0.997. The second-order valence-corrected chi connectivity index (χ2v) is 4.07. The minimum absolute atomic E-state index is 0.0850. The van der Waals surface area contributed by atoms with E-state index >= 15 is 0 Å². The van der Waals surface area contributed by atoms with Crippen molar-refractivity contribution >= 4 is 5.95 Å². The van der Waals surface area contributed by atoms with Crippen molar-refractivity contribution in [3.63, 3.8) is 0 Å². The van der Waals surface area contributed by atoms with E-state index in [1.54, 1.807) is 0 Å². The fraction of sp³-hybridized carbons (Fsp3) is 0.600. The van der Waals surface area contributed by atoms with Gasteiger partial charge in [0.05, 0.1) is 5.54 Å². The van der Waals surface area contributed by atoms with E-state index in [0.29, 0.717) is 12.5 Å². The smallest absolute Gasteiger partial charge is 0.223 e. The minimum Gasteiger partial charge on any atom is -0.348 e. The number of nitrogens with two attached hydrogens (primary N) is 1. The van der Waals surface area contributed by atoms with Gasteiger partial charge in [-0.05, 0) is 32.3 Å². The molecule has 76 valence electrons. The number of aromatic nitrogens is 2. The van der Waals surface area contributed by atoms with Gasteiger partial charge in [-0.3, -0.25) is 0 Å². The van der Waals surface area contributed by atoms with Crippen LogP contribution in [-0.2, 0) is 0 Å². The van der Waals surface area contributed by atoms with Gasteiger partial charge in [-0.25, -0.2) is 9.97 Å². The second kappa shape index (κ2) is 3.20. The highest BCUT2D eigenvalue weighted by molar-refractivity contribution is 5.35. The second-order valence-electron chi connectivity index (χ2n) is 4.07. The molecule has 1 aliphatic rings. The summed E-state index contributed by atoms with van der Waals surface area (Å²) in [4.78, 5) is 8.60. The summed E-state index contributed by atoms with van der Waals surface area (Å²) in [6, 6.07) is 0. The summed E-state index contributed by atoms with van der Waals surface area (Å²) in [6.45, 7) is 4.66. The SMILES string of the molecule is Cc1cnc(NC2(CN)CC2)nc1C. The molecule has 14 heavy (non-hydrogen) atoms. The molecule has 0 atom stereocenters. The lowest BCUT2D eigenvalue weighted by Gasteiger charge is -2.14. The molecular formula is C10H16N4. The third-order valence-corrected chi connectivity index (χ3v) is 2.85. The Labute approximate surface area is 83.9 Å². The summed E-state index contributed by atoms with van der Waals surface area (Å²) < 4.78 is 0. The van der Waals surface area contributed by atoms with Crippen molar-refractivity contribution < 1.29 is 0 Å². The normalized spacial score (nSPS) is 17.9. The molecule has 1 aromatic heterocycles. The van der Waals surface area contributed by atoms with Gasteiger partial charge in [0.1, 0.15) is 0 Å². The fourth-order valence-electron chi connectivity index (χ4n) is 1.36. The molecule has 0 saturated heterocycles. The highest BCUT2D eigenvalue weighted by Crippen LogP contribution is 2.36. The molecule has 1 aromatic rings. The molecule has 1 saturated carbocycles. The van der Waals surface area contributed by atoms with Gasteiger partial charge >= 0.3 is 0 Å². The van der Waals surface area contributed by atoms with Crippen LogP contribution in [0.2, 0.25) is 0 Å². The van der Waals surface area contributed by atoms with Crippen LogP contribution in [0.3, 0.4) is 0 Å². The molecule has 1 fully saturated rings. The average molecular weight is 192 g/mol. The standard InChI is InChI=1S/C10H16N4/c1-7-5-12-9(13-8(7)2)14-10(6-11)3-4-10/h5H,3-4,6,11H2,1-2H3,(H,12,13,14). The number of nitrogens with zero attached hydrogens (tertiary/aromatic N) is 2. The third-order valence-electron chi connectivity index (χ3n) is 2.85. The number of hydrogen-bond donors (Lipinski definition) is 2. The average Bonchev–Trinajstić information content (AvgIpc) is 2.93. The zero-order valence-corrected chi connectivity index (χ0v) is 8.67. The Morgan fingerprint density at radius 1 is 1.50 bits per heavy atom. The van der Waals surface area contributed by atoms with Gasteiger partial charge in [0.15, 0.2) is 0 Å². The predicted molar refractivity (Wildman–Crippen MR) is 56.1 cm³/mol. The summed E-state index contributed by atoms with van der Waals surface area (Å²) in [5.41, 5.74) is 7.89. The molecule has 2 rings (SSSR count). The van der Waals surface area contributed by atoms with Gasteiger partial charge in [0, 0.05) is 18.4 Å². The highest BCUT2D eigenvalue weighted by atomic mass is 15.2. The maximum absolute atomic E-state index is 5.67. The largest absolute Gasteiger partial charge is 0.348 e. The summed E-state index contributed by atoms with van der Waals surface area (Å²) in [7, 11) is 0. The van der Waals surface area contributed by atoms with Gasteiger partial charge in [-0.2, -0.15) is 0 Å². The van der Waals surface area contributed by atoms with Crippen LogP contribution in [0.25, 0.3) is 0 Å². The molecule has 0 bridgehead atoms. The van der Waals surface area contributed by atoms with E-state index in [0.717, 1.165) is 24.1 Å². The Morgan fingerprint density at radius 3 is 2.71 bits per heavy atom. The van der Waals surface area contributed by atoms with Crippen LogP contribution >= 0.6 is 0 Å². The molecular weight excluding hydrogens is 176 g/mol. The van der Waals surface area contributed by atoms with Crippen molar-refractivity contribution in [2.24, 2.45) is 5.73 Å². The van der Waals surface area contributed by atoms with Gasteiger partial charge in [-0.1, -0.05) is 0 Å². The van der Waals surface area contributed by atoms with Crippen molar-refractivity contribution in [3.05, 3.63) is 17.5 Å². The lowest BCUT2D eigenvalue weighted by Crippen LogP contribution is -2.31. The molecule has 0 aromatic carbocycles. The van der Waals surface area contributed by atoms with Crippen molar-refractivity contribution in [2.75, 3.05) is 11.9 Å². The molecule has 0 radical (unpaired) electrons. The fourth-order valence-corrected chi connectivity index (χ4v) is 1.36. The maximum atomic E-state index is 5.67. The van der Waals surface area contributed by atoms with E-state index in [1.807, 2.05) is 20.0 Å². The van der Waals surface area contributed by atoms with Gasteiger partial charge in [0.2, 0.25) is 5.95 Å². The summed E-state index contributed by atoms with van der Waals surface area (Å²) in [5, 5.41) is 3.30. The van der Waals surface area contributed by atoms with E-state index in [9.17, 15) is 0 Å². The first-order valence-electron chi connectivity index (χ1n) is 4.94. The van der Waals surface area contributed by atoms with Crippen LogP contribution in [0.1, 0.15) is 24.1 Å². The molecule has 0 unspecified atom stereocenters. The highest BCUT2D eigenvalue weighted by Gasteiger charge is 2.41. The van der Waals surface area contributed by atoms with Crippen LogP contribution in [0.15, 0.2) is 6.20 Å². The van der Waals surface area contributed by atoms with E-state index in [1.165, 1.54) is 0 Å². The molecule has 0 amide bonds. The van der Waals surface area contributed by atoms with Crippen molar-refractivity contribution in [3.8, 4) is 0 Å². The number of anilines is 1. The Hall–Kier alpha value is -1.16. The first-order chi connectivity index (χ1) is 6.65. The molecule has 4 heteroatoms. The topological polar surface area (TPSA) is 63.8 Å². The monoisotopic (exact) mass is 192 g/mol. The Kier molecular flexibility index (Phi) is 2.15. The Balaban J connectivity index is 2.14. The summed E-state index contributed by atoms with van der Waals surface area (Å²) in [5.74, 6) is 0.705. The molecule has 0 aliphatic heterocycles. The Morgan fingerprint density at radius 2 is 2.21 bits per heavy atom. The van der Waals surface area contributed by atoms with Crippen LogP contribution in [0.5, 0.6) is 0 Å². The zero-order valence-electron chi connectivity index (χ0n) is 8.67. The van der Waals surface area contributed by atoms with Gasteiger partial charge < -0.3 is 11.1 Å². The van der Waals surface area contributed by atoms with Crippen molar-refractivity contribution in [1.29, 1.82) is 0 Å². The number of hydrogen-bond acceptors (Lipinski definition) is 4. The summed E-state index contributed by atoms with van der Waals surface area (Å²) in [6.07, 6.45) is 4.09. The lowest BCUT2D eigenvalue weighted by atomic mass is 10.2. The van der Waals surface area contributed by atoms with Crippen molar-refractivity contribution in [2.45, 2.75) is 32.2 Å². The molecule has 4 nitrogen and oxygen atoms in total. The number of aryl methyl sites for hydroxylation is 2. The van der Waals surface area contributed by atoms with E-state index in [-0.39, 0.29) is 5.54 Å². The lowest BCUT2D eigenvalue weighted by molar-refractivity contribution is 0.729. The summed E-state index contributed by atoms with van der Waals surface area (Å²) >= 11 is 0. The first kappa shape index (κ1) is 9.40. The maximum Gasteiger partial charge on any atom is 0.223 e.